The van der Waals surface area contributed by atoms with Crippen LogP contribution < -0.4 is 5.32 Å². The smallest absolute Gasteiger partial charge is 0.408 e. The van der Waals surface area contributed by atoms with Gasteiger partial charge in [0.05, 0.1) is 6.04 Å². The van der Waals surface area contributed by atoms with E-state index in [1.165, 1.54) is 0 Å². The maximum atomic E-state index is 11.8. The molecule has 0 fully saturated rings. The van der Waals surface area contributed by atoms with Gasteiger partial charge >= 0.3 is 6.09 Å². The molecular weight excluding hydrogens is 250 g/mol. The van der Waals surface area contributed by atoms with E-state index in [4.69, 9.17) is 4.74 Å². The van der Waals surface area contributed by atoms with Crippen LogP contribution in [-0.2, 0) is 11.3 Å². The zero-order chi connectivity index (χ0) is 14.2. The summed E-state index contributed by atoms with van der Waals surface area (Å²) in [6, 6.07) is 19.0. The molecule has 0 heterocycles. The van der Waals surface area contributed by atoms with E-state index in [-0.39, 0.29) is 12.6 Å². The summed E-state index contributed by atoms with van der Waals surface area (Å²) in [5, 5.41) is 2.77. The lowest BCUT2D eigenvalue weighted by Gasteiger charge is -2.15. The molecule has 0 bridgehead atoms. The Morgan fingerprint density at radius 3 is 2.30 bits per heavy atom. The Balaban J connectivity index is 1.88. The van der Waals surface area contributed by atoms with Crippen LogP contribution in [0.15, 0.2) is 73.3 Å². The summed E-state index contributed by atoms with van der Waals surface area (Å²) in [5.41, 5.74) is 1.93. The van der Waals surface area contributed by atoms with Crippen LogP contribution in [0.25, 0.3) is 0 Å². The van der Waals surface area contributed by atoms with E-state index < -0.39 is 6.09 Å². The van der Waals surface area contributed by atoms with E-state index in [0.29, 0.717) is 0 Å². The van der Waals surface area contributed by atoms with Crippen molar-refractivity contribution in [3.63, 3.8) is 0 Å². The number of carbonyl (C=O) groups excluding carboxylic acids is 1. The number of benzene rings is 2. The Hall–Kier alpha value is -2.55. The van der Waals surface area contributed by atoms with Crippen molar-refractivity contribution in [2.75, 3.05) is 0 Å². The summed E-state index contributed by atoms with van der Waals surface area (Å²) < 4.78 is 5.18. The summed E-state index contributed by atoms with van der Waals surface area (Å²) in [7, 11) is 0. The largest absolute Gasteiger partial charge is 0.445 e. The summed E-state index contributed by atoms with van der Waals surface area (Å²) in [6.45, 7) is 3.99. The number of hydrogen-bond donors (Lipinski definition) is 1. The molecule has 0 spiro atoms. The fourth-order valence-corrected chi connectivity index (χ4v) is 1.83. The second-order valence-corrected chi connectivity index (χ2v) is 4.33. The number of rotatable bonds is 5. The third-order valence-electron chi connectivity index (χ3n) is 2.88. The molecule has 1 amide bonds. The van der Waals surface area contributed by atoms with Gasteiger partial charge in [-0.25, -0.2) is 4.79 Å². The monoisotopic (exact) mass is 267 g/mol. The number of ether oxygens (including phenoxy) is 1. The molecule has 0 aliphatic carbocycles. The first-order chi connectivity index (χ1) is 9.79. The van der Waals surface area contributed by atoms with Crippen molar-refractivity contribution >= 4 is 6.09 Å². The topological polar surface area (TPSA) is 38.3 Å². The van der Waals surface area contributed by atoms with Crippen molar-refractivity contribution in [2.45, 2.75) is 12.6 Å². The number of alkyl carbamates (subject to hydrolysis) is 1. The molecule has 1 atom stereocenters. The summed E-state index contributed by atoms with van der Waals surface area (Å²) in [6.07, 6.45) is 1.22. The van der Waals surface area contributed by atoms with Gasteiger partial charge in [-0.3, -0.25) is 0 Å². The lowest BCUT2D eigenvalue weighted by atomic mass is 10.1. The van der Waals surface area contributed by atoms with Crippen molar-refractivity contribution < 1.29 is 9.53 Å². The van der Waals surface area contributed by atoms with Crippen LogP contribution in [0.4, 0.5) is 4.79 Å². The Morgan fingerprint density at radius 2 is 1.70 bits per heavy atom. The fraction of sp³-hybridized carbons (Fsp3) is 0.118. The first-order valence-electron chi connectivity index (χ1n) is 6.44. The fourth-order valence-electron chi connectivity index (χ4n) is 1.83. The molecule has 0 aliphatic heterocycles. The van der Waals surface area contributed by atoms with Crippen LogP contribution >= 0.6 is 0 Å². The SMILES string of the molecule is C=C[C@H](NC(=O)OCc1ccccc1)c1ccccc1. The van der Waals surface area contributed by atoms with Gasteiger partial charge in [0.2, 0.25) is 0 Å². The van der Waals surface area contributed by atoms with Gasteiger partial charge in [-0.2, -0.15) is 0 Å². The third kappa shape index (κ3) is 3.99. The Bertz CT molecular complexity index is 552. The van der Waals surface area contributed by atoms with Crippen LogP contribution in [0.2, 0.25) is 0 Å². The lowest BCUT2D eigenvalue weighted by Crippen LogP contribution is -2.27. The maximum Gasteiger partial charge on any atom is 0.408 e. The zero-order valence-electron chi connectivity index (χ0n) is 11.2. The average molecular weight is 267 g/mol. The molecule has 3 heteroatoms. The highest BCUT2D eigenvalue weighted by atomic mass is 16.5. The first-order valence-corrected chi connectivity index (χ1v) is 6.44. The highest BCUT2D eigenvalue weighted by Crippen LogP contribution is 2.13. The van der Waals surface area contributed by atoms with Crippen molar-refractivity contribution in [1.82, 2.24) is 5.32 Å². The van der Waals surface area contributed by atoms with Crippen molar-refractivity contribution in [3.8, 4) is 0 Å². The number of nitrogens with one attached hydrogen (secondary N) is 1. The quantitative estimate of drug-likeness (QED) is 0.836. The average Bonchev–Trinajstić information content (AvgIpc) is 2.52. The van der Waals surface area contributed by atoms with Gasteiger partial charge in [-0.1, -0.05) is 66.7 Å². The van der Waals surface area contributed by atoms with Gasteiger partial charge < -0.3 is 10.1 Å². The number of carbonyl (C=O) groups is 1. The molecule has 3 nitrogen and oxygen atoms in total. The minimum Gasteiger partial charge on any atom is -0.445 e. The Morgan fingerprint density at radius 1 is 1.10 bits per heavy atom. The van der Waals surface area contributed by atoms with Crippen LogP contribution in [0.5, 0.6) is 0 Å². The van der Waals surface area contributed by atoms with Crippen molar-refractivity contribution in [1.29, 1.82) is 0 Å². The van der Waals surface area contributed by atoms with Gasteiger partial charge in [0, 0.05) is 0 Å². The van der Waals surface area contributed by atoms with Gasteiger partial charge in [-0.15, -0.1) is 6.58 Å². The molecular formula is C17H17NO2. The van der Waals surface area contributed by atoms with Gasteiger partial charge in [0.25, 0.3) is 0 Å². The molecule has 0 aromatic heterocycles. The molecule has 0 radical (unpaired) electrons. The molecule has 0 unspecified atom stereocenters. The first kappa shape index (κ1) is 13.9. The van der Waals surface area contributed by atoms with Crippen LogP contribution in [-0.4, -0.2) is 6.09 Å². The molecule has 20 heavy (non-hydrogen) atoms. The molecule has 0 saturated carbocycles. The molecule has 2 rings (SSSR count). The third-order valence-corrected chi connectivity index (χ3v) is 2.88. The molecule has 0 aliphatic rings. The Kier molecular flexibility index (Phi) is 4.95. The minimum absolute atomic E-state index is 0.250. The maximum absolute atomic E-state index is 11.8. The van der Waals surface area contributed by atoms with Crippen LogP contribution in [0, 0.1) is 0 Å². The second kappa shape index (κ2) is 7.14. The number of hydrogen-bond acceptors (Lipinski definition) is 2. The molecule has 2 aromatic rings. The van der Waals surface area contributed by atoms with Gasteiger partial charge in [0.1, 0.15) is 6.61 Å². The van der Waals surface area contributed by atoms with E-state index in [0.717, 1.165) is 11.1 Å². The van der Waals surface area contributed by atoms with Gasteiger partial charge in [0.15, 0.2) is 0 Å². The van der Waals surface area contributed by atoms with Crippen LogP contribution in [0.3, 0.4) is 0 Å². The minimum atomic E-state index is -0.456. The molecule has 102 valence electrons. The van der Waals surface area contributed by atoms with Crippen molar-refractivity contribution in [2.24, 2.45) is 0 Å². The lowest BCUT2D eigenvalue weighted by molar-refractivity contribution is 0.137. The predicted molar refractivity (Wildman–Crippen MR) is 79.1 cm³/mol. The standard InChI is InChI=1S/C17H17NO2/c1-2-16(15-11-7-4-8-12-15)18-17(19)20-13-14-9-5-3-6-10-14/h2-12,16H,1,13H2,(H,18,19)/t16-/m0/s1. The summed E-state index contributed by atoms with van der Waals surface area (Å²) >= 11 is 0. The van der Waals surface area contributed by atoms with E-state index in [1.807, 2.05) is 60.7 Å². The second-order valence-electron chi connectivity index (χ2n) is 4.33. The highest BCUT2D eigenvalue weighted by molar-refractivity contribution is 5.68. The van der Waals surface area contributed by atoms with E-state index in [1.54, 1.807) is 6.08 Å². The van der Waals surface area contributed by atoms with E-state index in [2.05, 4.69) is 11.9 Å². The van der Waals surface area contributed by atoms with E-state index >= 15 is 0 Å². The van der Waals surface area contributed by atoms with E-state index in [9.17, 15) is 4.79 Å². The highest BCUT2D eigenvalue weighted by Gasteiger charge is 2.11. The summed E-state index contributed by atoms with van der Waals surface area (Å²) in [4.78, 5) is 11.8. The van der Waals surface area contributed by atoms with Crippen molar-refractivity contribution in [3.05, 3.63) is 84.4 Å². The summed E-state index contributed by atoms with van der Waals surface area (Å²) in [5.74, 6) is 0. The Labute approximate surface area is 118 Å². The molecule has 1 N–H and O–H groups in total. The van der Waals surface area contributed by atoms with Crippen LogP contribution in [0.1, 0.15) is 17.2 Å². The normalized spacial score (nSPS) is 11.4. The predicted octanol–water partition coefficient (Wildman–Crippen LogP) is 3.84. The number of amides is 1. The van der Waals surface area contributed by atoms with Gasteiger partial charge in [-0.05, 0) is 11.1 Å². The molecule has 0 saturated heterocycles. The zero-order valence-corrected chi connectivity index (χ0v) is 11.2. The molecule has 2 aromatic carbocycles.